The van der Waals surface area contributed by atoms with Crippen molar-refractivity contribution in [2.45, 2.75) is 25.8 Å². The summed E-state index contributed by atoms with van der Waals surface area (Å²) in [6, 6.07) is 0. The zero-order valence-corrected chi connectivity index (χ0v) is 8.03. The lowest BCUT2D eigenvalue weighted by molar-refractivity contribution is -0.149. The lowest BCUT2D eigenvalue weighted by Crippen LogP contribution is -2.45. The SMILES string of the molecule is CCOC(=O)C1(C)CC(C(=O)O)=NN1. The topological polar surface area (TPSA) is 88.0 Å². The van der Waals surface area contributed by atoms with Crippen LogP contribution < -0.4 is 5.43 Å². The number of carboxylic acids is 1. The maximum absolute atomic E-state index is 11.4. The van der Waals surface area contributed by atoms with Gasteiger partial charge in [0.05, 0.1) is 6.61 Å². The minimum atomic E-state index is -1.12. The van der Waals surface area contributed by atoms with Gasteiger partial charge in [0.1, 0.15) is 5.71 Å². The fourth-order valence-corrected chi connectivity index (χ4v) is 1.14. The Morgan fingerprint density at radius 3 is 2.79 bits per heavy atom. The number of carbonyl (C=O) groups is 2. The van der Waals surface area contributed by atoms with Crippen LogP contribution in [0, 0.1) is 0 Å². The van der Waals surface area contributed by atoms with E-state index in [4.69, 9.17) is 9.84 Å². The Hall–Kier alpha value is -1.59. The molecule has 0 spiro atoms. The van der Waals surface area contributed by atoms with Crippen molar-refractivity contribution < 1.29 is 19.4 Å². The van der Waals surface area contributed by atoms with Gasteiger partial charge in [-0.2, -0.15) is 5.10 Å². The van der Waals surface area contributed by atoms with Crippen LogP contribution in [0.4, 0.5) is 0 Å². The Labute approximate surface area is 80.9 Å². The second kappa shape index (κ2) is 3.65. The van der Waals surface area contributed by atoms with Crippen molar-refractivity contribution in [3.63, 3.8) is 0 Å². The van der Waals surface area contributed by atoms with E-state index in [2.05, 4.69) is 10.5 Å². The van der Waals surface area contributed by atoms with E-state index < -0.39 is 17.5 Å². The quantitative estimate of drug-likeness (QED) is 0.613. The largest absolute Gasteiger partial charge is 0.477 e. The average Bonchev–Trinajstić information content (AvgIpc) is 2.50. The molecule has 1 heterocycles. The number of hydrazone groups is 1. The summed E-state index contributed by atoms with van der Waals surface area (Å²) in [7, 11) is 0. The molecule has 0 bridgehead atoms. The zero-order chi connectivity index (χ0) is 10.8. The Bertz CT molecular complexity index is 300. The number of rotatable bonds is 3. The number of hydrogen-bond donors (Lipinski definition) is 2. The third kappa shape index (κ3) is 1.84. The number of nitrogens with one attached hydrogen (secondary N) is 1. The van der Waals surface area contributed by atoms with Crippen molar-refractivity contribution in [2.75, 3.05) is 6.61 Å². The molecule has 0 aromatic carbocycles. The van der Waals surface area contributed by atoms with Crippen LogP contribution in [0.1, 0.15) is 20.3 Å². The molecule has 14 heavy (non-hydrogen) atoms. The van der Waals surface area contributed by atoms with Crippen molar-refractivity contribution in [1.29, 1.82) is 0 Å². The maximum atomic E-state index is 11.4. The first-order valence-electron chi connectivity index (χ1n) is 4.24. The minimum Gasteiger partial charge on any atom is -0.477 e. The number of carbonyl (C=O) groups excluding carboxylic acids is 1. The van der Waals surface area contributed by atoms with Crippen molar-refractivity contribution in [3.8, 4) is 0 Å². The van der Waals surface area contributed by atoms with Crippen molar-refractivity contribution in [3.05, 3.63) is 0 Å². The predicted octanol–water partition coefficient (Wildman–Crippen LogP) is -0.258. The van der Waals surface area contributed by atoms with E-state index in [0.717, 1.165) is 0 Å². The van der Waals surface area contributed by atoms with Gasteiger partial charge in [0.2, 0.25) is 0 Å². The van der Waals surface area contributed by atoms with Gasteiger partial charge in [-0.15, -0.1) is 0 Å². The number of ether oxygens (including phenoxy) is 1. The highest BCUT2D eigenvalue weighted by atomic mass is 16.5. The van der Waals surface area contributed by atoms with Gasteiger partial charge in [0, 0.05) is 6.42 Å². The van der Waals surface area contributed by atoms with Crippen molar-refractivity contribution in [1.82, 2.24) is 5.43 Å². The number of esters is 1. The summed E-state index contributed by atoms with van der Waals surface area (Å²) in [6.07, 6.45) is 0.0428. The molecule has 0 aromatic rings. The van der Waals surface area contributed by atoms with Crippen LogP contribution in [0.25, 0.3) is 0 Å². The van der Waals surface area contributed by atoms with Gasteiger partial charge in [0.15, 0.2) is 5.54 Å². The first-order valence-corrected chi connectivity index (χ1v) is 4.24. The highest BCUT2D eigenvalue weighted by Crippen LogP contribution is 2.18. The molecule has 78 valence electrons. The van der Waals surface area contributed by atoms with Crippen molar-refractivity contribution >= 4 is 17.7 Å². The summed E-state index contributed by atoms with van der Waals surface area (Å²) in [5, 5.41) is 12.2. The van der Waals surface area contributed by atoms with E-state index in [1.54, 1.807) is 13.8 Å². The molecule has 1 aliphatic heterocycles. The summed E-state index contributed by atoms with van der Waals surface area (Å²) >= 11 is 0. The summed E-state index contributed by atoms with van der Waals surface area (Å²) < 4.78 is 4.79. The van der Waals surface area contributed by atoms with Gasteiger partial charge in [-0.05, 0) is 13.8 Å². The molecule has 0 saturated heterocycles. The molecule has 1 unspecified atom stereocenters. The Morgan fingerprint density at radius 1 is 1.71 bits per heavy atom. The number of hydrogen-bond acceptors (Lipinski definition) is 5. The van der Waals surface area contributed by atoms with Gasteiger partial charge in [-0.1, -0.05) is 0 Å². The van der Waals surface area contributed by atoms with Crippen LogP contribution in [0.2, 0.25) is 0 Å². The Kier molecular flexibility index (Phi) is 2.73. The second-order valence-electron chi connectivity index (χ2n) is 3.20. The first kappa shape index (κ1) is 10.5. The monoisotopic (exact) mass is 200 g/mol. The molecule has 0 amide bonds. The van der Waals surface area contributed by atoms with Crippen LogP contribution >= 0.6 is 0 Å². The fourth-order valence-electron chi connectivity index (χ4n) is 1.14. The smallest absolute Gasteiger partial charge is 0.352 e. The van der Waals surface area contributed by atoms with Gasteiger partial charge < -0.3 is 9.84 Å². The van der Waals surface area contributed by atoms with E-state index in [0.29, 0.717) is 0 Å². The zero-order valence-electron chi connectivity index (χ0n) is 8.03. The molecule has 0 fully saturated rings. The highest BCUT2D eigenvalue weighted by molar-refractivity contribution is 6.36. The molecule has 1 aliphatic rings. The van der Waals surface area contributed by atoms with Crippen LogP contribution in [-0.4, -0.2) is 34.9 Å². The van der Waals surface area contributed by atoms with E-state index in [-0.39, 0.29) is 18.7 Å². The van der Waals surface area contributed by atoms with E-state index >= 15 is 0 Å². The summed E-state index contributed by atoms with van der Waals surface area (Å²) in [6.45, 7) is 3.51. The lowest BCUT2D eigenvalue weighted by Gasteiger charge is -2.20. The predicted molar refractivity (Wildman–Crippen MR) is 47.9 cm³/mol. The van der Waals surface area contributed by atoms with E-state index in [1.165, 1.54) is 0 Å². The Balaban J connectivity index is 2.66. The molecule has 0 saturated carbocycles. The first-order chi connectivity index (χ1) is 6.49. The summed E-state index contributed by atoms with van der Waals surface area (Å²) in [4.78, 5) is 21.9. The molecular weight excluding hydrogens is 188 g/mol. The summed E-state index contributed by atoms with van der Waals surface area (Å²) in [5.74, 6) is -1.61. The van der Waals surface area contributed by atoms with Crippen LogP contribution in [-0.2, 0) is 14.3 Å². The van der Waals surface area contributed by atoms with Gasteiger partial charge in [0.25, 0.3) is 0 Å². The van der Waals surface area contributed by atoms with E-state index in [9.17, 15) is 9.59 Å². The molecule has 0 aromatic heterocycles. The Morgan fingerprint density at radius 2 is 2.36 bits per heavy atom. The molecule has 1 atom stereocenters. The summed E-state index contributed by atoms with van der Waals surface area (Å²) in [5.41, 5.74) is 1.39. The third-order valence-electron chi connectivity index (χ3n) is 1.93. The number of carboxylic acid groups (broad SMARTS) is 1. The third-order valence-corrected chi connectivity index (χ3v) is 1.93. The van der Waals surface area contributed by atoms with Gasteiger partial charge >= 0.3 is 11.9 Å². The van der Waals surface area contributed by atoms with Gasteiger partial charge in [-0.25, -0.2) is 9.59 Å². The number of aliphatic carboxylic acids is 1. The van der Waals surface area contributed by atoms with Gasteiger partial charge in [-0.3, -0.25) is 5.43 Å². The van der Waals surface area contributed by atoms with Crippen LogP contribution in [0.5, 0.6) is 0 Å². The molecule has 6 nitrogen and oxygen atoms in total. The van der Waals surface area contributed by atoms with Crippen molar-refractivity contribution in [2.24, 2.45) is 5.10 Å². The van der Waals surface area contributed by atoms with Crippen LogP contribution in [0.15, 0.2) is 5.10 Å². The molecule has 0 radical (unpaired) electrons. The number of nitrogens with zero attached hydrogens (tertiary/aromatic N) is 1. The van der Waals surface area contributed by atoms with Crippen LogP contribution in [0.3, 0.4) is 0 Å². The average molecular weight is 200 g/mol. The van der Waals surface area contributed by atoms with E-state index in [1.807, 2.05) is 0 Å². The minimum absolute atomic E-state index is 0.0428. The molecule has 2 N–H and O–H groups in total. The molecule has 6 heteroatoms. The molecule has 0 aliphatic carbocycles. The highest BCUT2D eigenvalue weighted by Gasteiger charge is 2.41. The lowest BCUT2D eigenvalue weighted by atomic mass is 9.97. The molecule has 1 rings (SSSR count). The normalized spacial score (nSPS) is 25.1. The molecular formula is C8H12N2O4. The fraction of sp³-hybridized carbons (Fsp3) is 0.625. The second-order valence-corrected chi connectivity index (χ2v) is 3.20. The maximum Gasteiger partial charge on any atom is 0.352 e. The standard InChI is InChI=1S/C8H12N2O4/c1-3-14-7(13)8(2)4-5(6(11)12)9-10-8/h10H,3-4H2,1-2H3,(H,11,12).